The lowest BCUT2D eigenvalue weighted by molar-refractivity contribution is -0.350. The summed E-state index contributed by atoms with van der Waals surface area (Å²) in [6, 6.07) is 0. The van der Waals surface area contributed by atoms with Gasteiger partial charge in [0.15, 0.2) is 10.1 Å². The van der Waals surface area contributed by atoms with E-state index in [1.165, 1.54) is 5.32 Å². The summed E-state index contributed by atoms with van der Waals surface area (Å²) in [5.74, 6) is -16.6. The number of rotatable bonds is 11. The van der Waals surface area contributed by atoms with E-state index in [1.807, 2.05) is 0 Å². The van der Waals surface area contributed by atoms with E-state index in [0.717, 1.165) is 0 Å². The minimum absolute atomic E-state index is 0.712. The van der Waals surface area contributed by atoms with Crippen LogP contribution in [0.3, 0.4) is 0 Å². The van der Waals surface area contributed by atoms with Crippen LogP contribution in [0.2, 0.25) is 0 Å². The molecular weight excluding hydrogens is 516 g/mol. The maximum absolute atomic E-state index is 13.5. The Balaban J connectivity index is 6.21. The van der Waals surface area contributed by atoms with Crippen molar-refractivity contribution in [1.82, 2.24) is 5.32 Å². The molecule has 0 aliphatic heterocycles. The van der Waals surface area contributed by atoms with Crippen molar-refractivity contribution in [1.29, 1.82) is 0 Å². The molecule has 0 saturated carbocycles. The molecule has 0 rings (SSSR count). The molecule has 0 heterocycles. The van der Waals surface area contributed by atoms with E-state index in [2.05, 4.69) is 22.6 Å². The van der Waals surface area contributed by atoms with E-state index in [0.29, 0.717) is 6.08 Å². The molecule has 8 nitrogen and oxygen atoms in total. The van der Waals surface area contributed by atoms with Crippen LogP contribution in [-0.4, -0.2) is 67.3 Å². The summed E-state index contributed by atoms with van der Waals surface area (Å²) in [6.45, 7) is 1.81. The van der Waals surface area contributed by atoms with Crippen LogP contribution in [0.4, 0.5) is 43.9 Å². The molecule has 192 valence electrons. The lowest BCUT2D eigenvalue weighted by atomic mass is 10.2. The molecule has 0 radical (unpaired) electrons. The van der Waals surface area contributed by atoms with Gasteiger partial charge >= 0.3 is 41.2 Å². The molecular formula is C14H12F10NO7S-. The fraction of sp³-hybridized carbons (Fsp3) is 0.571. The number of hydrogen-bond donors (Lipinski definition) is 1. The smallest absolute Gasteiger partial charge is 0.466 e. The predicted octanol–water partition coefficient (Wildman–Crippen LogP) is 2.39. The Morgan fingerprint density at radius 2 is 1.48 bits per heavy atom. The first-order valence-electron chi connectivity index (χ1n) is 7.78. The first kappa shape index (κ1) is 30.6. The van der Waals surface area contributed by atoms with E-state index in [4.69, 9.17) is 0 Å². The number of carbonyl (C=O) groups excluding carboxylic acids is 2. The van der Waals surface area contributed by atoms with Gasteiger partial charge in [-0.05, 0) is 0 Å². The van der Waals surface area contributed by atoms with Crippen molar-refractivity contribution < 1.29 is 75.9 Å². The zero-order valence-electron chi connectivity index (χ0n) is 15.7. The number of ether oxygens (including phenoxy) is 2. The highest BCUT2D eigenvalue weighted by molar-refractivity contribution is 7.86. The Morgan fingerprint density at radius 1 is 1.00 bits per heavy atom. The van der Waals surface area contributed by atoms with Crippen LogP contribution in [0.1, 0.15) is 6.42 Å². The monoisotopic (exact) mass is 528 g/mol. The highest BCUT2D eigenvalue weighted by atomic mass is 32.2. The molecule has 0 saturated heterocycles. The average Bonchev–Trinajstić information content (AvgIpc) is 2.61. The molecule has 0 aromatic carbocycles. The van der Waals surface area contributed by atoms with Crippen LogP contribution >= 0.6 is 0 Å². The highest BCUT2D eigenvalue weighted by Gasteiger charge is 2.68. The van der Waals surface area contributed by atoms with Crippen molar-refractivity contribution in [3.05, 3.63) is 24.8 Å². The summed E-state index contributed by atoms with van der Waals surface area (Å²) < 4.78 is 169. The second-order valence-electron chi connectivity index (χ2n) is 5.75. The van der Waals surface area contributed by atoms with Gasteiger partial charge in [-0.2, -0.15) is 43.9 Å². The molecule has 1 amide bonds. The minimum atomic E-state index is -7.05. The van der Waals surface area contributed by atoms with Gasteiger partial charge < -0.3 is 19.3 Å². The van der Waals surface area contributed by atoms with Crippen molar-refractivity contribution in [2.24, 2.45) is 0 Å². The quantitative estimate of drug-likeness (QED) is 0.109. The molecule has 0 aliphatic rings. The molecule has 0 bridgehead atoms. The molecule has 0 aromatic rings. The fourth-order valence-corrected chi connectivity index (χ4v) is 2.12. The van der Waals surface area contributed by atoms with E-state index < -0.39 is 76.5 Å². The van der Waals surface area contributed by atoms with Crippen molar-refractivity contribution in [2.45, 2.75) is 35.7 Å². The summed E-state index contributed by atoms with van der Waals surface area (Å²) in [4.78, 5) is 23.4. The third-order valence-electron chi connectivity index (χ3n) is 3.37. The third kappa shape index (κ3) is 6.79. The number of carbonyl (C=O) groups is 2. The number of hydrogen-bond acceptors (Lipinski definition) is 7. The average molecular weight is 528 g/mol. The van der Waals surface area contributed by atoms with Gasteiger partial charge in [-0.3, -0.25) is 4.79 Å². The zero-order valence-corrected chi connectivity index (χ0v) is 16.5. The maximum atomic E-state index is 13.5. The molecule has 1 N–H and O–H groups in total. The number of amides is 1. The Kier molecular flexibility index (Phi) is 9.12. The lowest BCUT2D eigenvalue weighted by Gasteiger charge is -2.34. The maximum Gasteiger partial charge on any atom is 0.466 e. The van der Waals surface area contributed by atoms with Gasteiger partial charge in [-0.15, -0.1) is 6.58 Å². The summed E-state index contributed by atoms with van der Waals surface area (Å²) >= 11 is 0. The van der Waals surface area contributed by atoms with Gasteiger partial charge in [0.25, 0.3) is 0 Å². The molecule has 0 aliphatic carbocycles. The van der Waals surface area contributed by atoms with Crippen molar-refractivity contribution in [2.75, 3.05) is 13.2 Å². The van der Waals surface area contributed by atoms with Crippen LogP contribution in [0, 0.1) is 0 Å². The normalized spacial score (nSPS) is 15.4. The number of esters is 1. The summed E-state index contributed by atoms with van der Waals surface area (Å²) in [5.41, 5.74) is -2.61. The Morgan fingerprint density at radius 3 is 1.85 bits per heavy atom. The molecule has 33 heavy (non-hydrogen) atoms. The van der Waals surface area contributed by atoms with Crippen molar-refractivity contribution >= 4 is 22.0 Å². The molecule has 0 spiro atoms. The minimum Gasteiger partial charge on any atom is -0.743 e. The summed E-state index contributed by atoms with van der Waals surface area (Å²) in [6.07, 6.45) is -14.0. The van der Waals surface area contributed by atoms with Gasteiger partial charge in [0.1, 0.15) is 5.57 Å². The first-order chi connectivity index (χ1) is 14.5. The second-order valence-corrected chi connectivity index (χ2v) is 7.17. The Labute approximate surface area is 177 Å². The van der Waals surface area contributed by atoms with Crippen molar-refractivity contribution in [3.63, 3.8) is 0 Å². The Bertz CT molecular complexity index is 882. The van der Waals surface area contributed by atoms with Crippen LogP contribution in [0.25, 0.3) is 0 Å². The zero-order chi connectivity index (χ0) is 26.7. The summed E-state index contributed by atoms with van der Waals surface area (Å²) in [7, 11) is -7.05. The Hall–Kier alpha value is -2.41. The van der Waals surface area contributed by atoms with E-state index in [-0.39, 0.29) is 0 Å². The molecule has 1 unspecified atom stereocenters. The standard InChI is InChI=1S/C14H13F10NO7S/c1-3-5-25-9(27)11(13(20,21)22,32-8(26)7(2)12(17,18)19)31-6-4-10(15,16)14(23,24)33(28,29)30/h3H,1-2,4-6H2,(H,25,27)(H,28,29,30)/p-1. The van der Waals surface area contributed by atoms with Crippen molar-refractivity contribution in [3.8, 4) is 0 Å². The second kappa shape index (κ2) is 9.84. The van der Waals surface area contributed by atoms with Gasteiger partial charge in [0, 0.05) is 13.0 Å². The summed E-state index contributed by atoms with van der Waals surface area (Å²) in [5, 5.41) is -5.07. The first-order valence-corrected chi connectivity index (χ1v) is 9.19. The molecule has 19 heteroatoms. The largest absolute Gasteiger partial charge is 0.743 e. The highest BCUT2D eigenvalue weighted by Crippen LogP contribution is 2.42. The molecule has 0 aromatic heterocycles. The van der Waals surface area contributed by atoms with E-state index in [1.54, 1.807) is 0 Å². The van der Waals surface area contributed by atoms with E-state index in [9.17, 15) is 66.5 Å². The number of halogens is 10. The number of nitrogens with one attached hydrogen (secondary N) is 1. The van der Waals surface area contributed by atoms with Crippen LogP contribution in [0.15, 0.2) is 24.8 Å². The molecule has 1 atom stereocenters. The topological polar surface area (TPSA) is 122 Å². The van der Waals surface area contributed by atoms with Gasteiger partial charge in [-0.25, -0.2) is 13.2 Å². The van der Waals surface area contributed by atoms with Crippen LogP contribution in [-0.2, 0) is 29.2 Å². The lowest BCUT2D eigenvalue weighted by Crippen LogP contribution is -2.62. The molecule has 0 fully saturated rings. The van der Waals surface area contributed by atoms with Gasteiger partial charge in [0.2, 0.25) is 0 Å². The third-order valence-corrected chi connectivity index (χ3v) is 4.29. The predicted molar refractivity (Wildman–Crippen MR) is 83.4 cm³/mol. The van der Waals surface area contributed by atoms with Gasteiger partial charge in [0.05, 0.1) is 6.61 Å². The van der Waals surface area contributed by atoms with Crippen LogP contribution in [0.5, 0.6) is 0 Å². The van der Waals surface area contributed by atoms with E-state index >= 15 is 0 Å². The number of alkyl halides is 10. The van der Waals surface area contributed by atoms with Crippen LogP contribution < -0.4 is 5.32 Å². The SMILES string of the molecule is C=CCNC(=O)C(OCCC(F)(F)C(F)(F)S(=O)(=O)[O-])(OC(=O)C(=C)C(F)(F)F)C(F)(F)F. The fourth-order valence-electron chi connectivity index (χ4n) is 1.65. The van der Waals surface area contributed by atoms with Gasteiger partial charge in [-0.1, -0.05) is 12.7 Å².